The van der Waals surface area contributed by atoms with E-state index in [0.717, 1.165) is 43.4 Å². The van der Waals surface area contributed by atoms with Crippen LogP contribution in [-0.4, -0.2) is 13.2 Å². The van der Waals surface area contributed by atoms with E-state index in [1.165, 1.54) is 19.2 Å². The third kappa shape index (κ3) is 6.66. The molecule has 0 N–H and O–H groups in total. The van der Waals surface area contributed by atoms with Crippen molar-refractivity contribution in [2.45, 2.75) is 82.3 Å². The highest BCUT2D eigenvalue weighted by Crippen LogP contribution is 2.45. The first-order valence-electron chi connectivity index (χ1n) is 12.7. The molecule has 0 saturated heterocycles. The lowest BCUT2D eigenvalue weighted by molar-refractivity contribution is -0.278. The Kier molecular flexibility index (Phi) is 8.53. The second-order valence-corrected chi connectivity index (χ2v) is 10.3. The van der Waals surface area contributed by atoms with Crippen LogP contribution < -0.4 is 0 Å². The highest BCUT2D eigenvalue weighted by Gasteiger charge is 2.40. The van der Waals surface area contributed by atoms with Gasteiger partial charge in [-0.2, -0.15) is 22.0 Å². The lowest BCUT2D eigenvalue weighted by atomic mass is 9.69. The molecular formula is C28H31F7O2. The van der Waals surface area contributed by atoms with Gasteiger partial charge in [-0.05, 0) is 105 Å². The monoisotopic (exact) mass is 532 g/mol. The van der Waals surface area contributed by atoms with E-state index >= 15 is 0 Å². The van der Waals surface area contributed by atoms with Crippen LogP contribution in [-0.2, 0) is 28.4 Å². The summed E-state index contributed by atoms with van der Waals surface area (Å²) < 4.78 is 106. The summed E-state index contributed by atoms with van der Waals surface area (Å²) in [5.41, 5.74) is -0.983. The Hall–Kier alpha value is -2.13. The quantitative estimate of drug-likeness (QED) is 0.332. The molecule has 0 aliphatic heterocycles. The van der Waals surface area contributed by atoms with Crippen molar-refractivity contribution in [3.05, 3.63) is 70.3 Å². The summed E-state index contributed by atoms with van der Waals surface area (Å²) >= 11 is 0. The van der Waals surface area contributed by atoms with Gasteiger partial charge < -0.3 is 9.47 Å². The molecule has 37 heavy (non-hydrogen) atoms. The highest BCUT2D eigenvalue weighted by atomic mass is 19.4. The number of hydrogen-bond acceptors (Lipinski definition) is 2. The molecule has 204 valence electrons. The van der Waals surface area contributed by atoms with Crippen molar-refractivity contribution in [3.8, 4) is 0 Å². The molecule has 2 fully saturated rings. The van der Waals surface area contributed by atoms with Gasteiger partial charge in [-0.3, -0.25) is 0 Å². The van der Waals surface area contributed by atoms with Crippen LogP contribution in [0.5, 0.6) is 0 Å². The van der Waals surface area contributed by atoms with E-state index in [1.807, 2.05) is 0 Å². The molecule has 0 spiro atoms. The third-order valence-electron chi connectivity index (χ3n) is 7.89. The second kappa shape index (κ2) is 11.3. The Bertz CT molecular complexity index is 1010. The molecule has 0 atom stereocenters. The highest BCUT2D eigenvalue weighted by molar-refractivity contribution is 5.31. The molecule has 2 saturated carbocycles. The topological polar surface area (TPSA) is 18.5 Å². The lowest BCUT2D eigenvalue weighted by Crippen LogP contribution is -2.32. The number of alkyl halides is 5. The van der Waals surface area contributed by atoms with Crippen LogP contribution in [0.25, 0.3) is 0 Å². The van der Waals surface area contributed by atoms with Gasteiger partial charge in [0, 0.05) is 7.11 Å². The van der Waals surface area contributed by atoms with Crippen molar-refractivity contribution in [1.82, 2.24) is 0 Å². The summed E-state index contributed by atoms with van der Waals surface area (Å²) in [5, 5.41) is 0. The van der Waals surface area contributed by atoms with Crippen molar-refractivity contribution in [1.29, 1.82) is 0 Å². The summed E-state index contributed by atoms with van der Waals surface area (Å²) in [6.07, 6.45) is -3.61. The molecule has 0 aromatic heterocycles. The van der Waals surface area contributed by atoms with E-state index in [1.54, 1.807) is 12.1 Å². The van der Waals surface area contributed by atoms with Gasteiger partial charge in [0.05, 0.1) is 18.3 Å². The predicted octanol–water partition coefficient (Wildman–Crippen LogP) is 8.73. The Balaban J connectivity index is 1.27. The third-order valence-corrected chi connectivity index (χ3v) is 7.89. The predicted molar refractivity (Wildman–Crippen MR) is 124 cm³/mol. The van der Waals surface area contributed by atoms with Crippen LogP contribution in [0.3, 0.4) is 0 Å². The molecule has 0 heterocycles. The molecule has 0 unspecified atom stereocenters. The zero-order valence-corrected chi connectivity index (χ0v) is 20.6. The molecule has 0 amide bonds. The van der Waals surface area contributed by atoms with Crippen LogP contribution >= 0.6 is 0 Å². The molecule has 2 aromatic carbocycles. The first-order chi connectivity index (χ1) is 17.5. The summed E-state index contributed by atoms with van der Waals surface area (Å²) in [6, 6.07) is 7.52. The summed E-state index contributed by atoms with van der Waals surface area (Å²) in [5.74, 6) is -2.65. The largest absolute Gasteiger partial charge is 0.422 e. The number of hydrogen-bond donors (Lipinski definition) is 0. The van der Waals surface area contributed by atoms with Crippen LogP contribution in [0, 0.1) is 23.5 Å². The normalized spacial score (nSPS) is 25.3. The molecule has 0 bridgehead atoms. The van der Waals surface area contributed by atoms with Crippen LogP contribution in [0.15, 0.2) is 36.4 Å². The van der Waals surface area contributed by atoms with Gasteiger partial charge >= 0.3 is 12.3 Å². The van der Waals surface area contributed by atoms with E-state index < -0.39 is 35.6 Å². The van der Waals surface area contributed by atoms with Crippen molar-refractivity contribution in [2.75, 3.05) is 7.11 Å². The molecule has 2 nitrogen and oxygen atoms in total. The van der Waals surface area contributed by atoms with Crippen molar-refractivity contribution >= 4 is 0 Å². The SMILES string of the molecule is COCc1ccc(C(F)(F)OC2CCC(C3CCC(c4cc(F)c(C(F)(F)F)c(F)c4)CC3)CC2)cc1. The van der Waals surface area contributed by atoms with Crippen LogP contribution in [0.1, 0.15) is 79.5 Å². The van der Waals surface area contributed by atoms with Gasteiger partial charge in [-0.25, -0.2) is 8.78 Å². The van der Waals surface area contributed by atoms with E-state index in [9.17, 15) is 30.7 Å². The van der Waals surface area contributed by atoms with Crippen molar-refractivity contribution in [3.63, 3.8) is 0 Å². The average molecular weight is 533 g/mol. The van der Waals surface area contributed by atoms with Gasteiger partial charge in [0.15, 0.2) is 0 Å². The zero-order chi connectivity index (χ0) is 26.8. The molecule has 4 rings (SSSR count). The molecule has 0 radical (unpaired) electrons. The fraction of sp³-hybridized carbons (Fsp3) is 0.571. The average Bonchev–Trinajstić information content (AvgIpc) is 2.84. The minimum absolute atomic E-state index is 0.191. The number of rotatable bonds is 7. The maximum atomic E-state index is 14.7. The van der Waals surface area contributed by atoms with Crippen molar-refractivity contribution < 1.29 is 40.2 Å². The fourth-order valence-electron chi connectivity index (χ4n) is 5.94. The number of methoxy groups -OCH3 is 1. The maximum absolute atomic E-state index is 14.7. The molecule has 2 aromatic rings. The van der Waals surface area contributed by atoms with Gasteiger partial charge in [-0.1, -0.05) is 12.1 Å². The van der Waals surface area contributed by atoms with E-state index in [0.29, 0.717) is 44.1 Å². The zero-order valence-electron chi connectivity index (χ0n) is 20.6. The van der Waals surface area contributed by atoms with E-state index in [-0.39, 0.29) is 17.0 Å². The smallest absolute Gasteiger partial charge is 0.380 e. The number of halogens is 7. The van der Waals surface area contributed by atoms with Crippen molar-refractivity contribution in [2.24, 2.45) is 11.8 Å². The number of ether oxygens (including phenoxy) is 2. The standard InChI is InChI=1S/C28H31F7O2/c1-36-16-17-2-10-22(11-3-17)28(34,35)37-23-12-8-19(9-13-23)18-4-6-20(7-5-18)21-14-24(29)26(25(30)15-21)27(31,32)33/h2-3,10-11,14-15,18-20,23H,4-9,12-13,16H2,1H3. The minimum atomic E-state index is -5.08. The maximum Gasteiger partial charge on any atom is 0.422 e. The molecule has 9 heteroatoms. The first kappa shape index (κ1) is 27.9. The Morgan fingerprint density at radius 1 is 0.757 bits per heavy atom. The van der Waals surface area contributed by atoms with Gasteiger partial charge in [0.25, 0.3) is 0 Å². The molecule has 2 aliphatic carbocycles. The molecule has 2 aliphatic rings. The first-order valence-corrected chi connectivity index (χ1v) is 12.7. The Labute approximate surface area is 212 Å². The van der Waals surface area contributed by atoms with Crippen LogP contribution in [0.4, 0.5) is 30.7 Å². The second-order valence-electron chi connectivity index (χ2n) is 10.3. The van der Waals surface area contributed by atoms with Gasteiger partial charge in [0.1, 0.15) is 17.2 Å². The van der Waals surface area contributed by atoms with Crippen LogP contribution in [0.2, 0.25) is 0 Å². The minimum Gasteiger partial charge on any atom is -0.380 e. The van der Waals surface area contributed by atoms with Gasteiger partial charge in [-0.15, -0.1) is 0 Å². The lowest BCUT2D eigenvalue weighted by Gasteiger charge is -2.38. The molecular weight excluding hydrogens is 501 g/mol. The number of benzene rings is 2. The summed E-state index contributed by atoms with van der Waals surface area (Å²) in [4.78, 5) is 0. The van der Waals surface area contributed by atoms with E-state index in [4.69, 9.17) is 9.47 Å². The fourth-order valence-corrected chi connectivity index (χ4v) is 5.94. The summed E-state index contributed by atoms with van der Waals surface area (Å²) in [6.45, 7) is 0.344. The van der Waals surface area contributed by atoms with E-state index in [2.05, 4.69) is 0 Å². The van der Waals surface area contributed by atoms with Gasteiger partial charge in [0.2, 0.25) is 0 Å². The Morgan fingerprint density at radius 3 is 1.76 bits per heavy atom. The Morgan fingerprint density at radius 2 is 1.27 bits per heavy atom. The summed E-state index contributed by atoms with van der Waals surface area (Å²) in [7, 11) is 1.54.